The lowest BCUT2D eigenvalue weighted by Crippen LogP contribution is -2.00. The molecule has 0 amide bonds. The van der Waals surface area contributed by atoms with Gasteiger partial charge in [0.15, 0.2) is 0 Å². The van der Waals surface area contributed by atoms with Crippen molar-refractivity contribution in [3.63, 3.8) is 0 Å². The third-order valence-corrected chi connectivity index (χ3v) is 4.16. The summed E-state index contributed by atoms with van der Waals surface area (Å²) in [5, 5.41) is 0.998. The van der Waals surface area contributed by atoms with Crippen molar-refractivity contribution >= 4 is 26.8 Å². The van der Waals surface area contributed by atoms with E-state index in [1.54, 1.807) is 26.2 Å². The van der Waals surface area contributed by atoms with Crippen molar-refractivity contribution in [3.05, 3.63) is 69.4 Å². The van der Waals surface area contributed by atoms with Crippen LogP contribution in [0.15, 0.2) is 46.9 Å². The molecule has 3 aromatic rings. The summed E-state index contributed by atoms with van der Waals surface area (Å²) in [5.74, 6) is 0.370. The van der Waals surface area contributed by atoms with Crippen LogP contribution in [0.5, 0.6) is 5.88 Å². The first kappa shape index (κ1) is 15.0. The molecule has 4 heteroatoms. The van der Waals surface area contributed by atoms with Crippen molar-refractivity contribution in [1.29, 1.82) is 0 Å². The lowest BCUT2D eigenvalue weighted by atomic mass is 10.0. The minimum Gasteiger partial charge on any atom is -0.481 e. The molecule has 2 nitrogen and oxygen atoms in total. The van der Waals surface area contributed by atoms with E-state index >= 15 is 0 Å². The van der Waals surface area contributed by atoms with Crippen LogP contribution in [0.4, 0.5) is 4.39 Å². The van der Waals surface area contributed by atoms with Gasteiger partial charge >= 0.3 is 0 Å². The van der Waals surface area contributed by atoms with E-state index in [9.17, 15) is 4.39 Å². The Bertz CT molecular complexity index is 848. The normalized spacial score (nSPS) is 10.9. The van der Waals surface area contributed by atoms with Gasteiger partial charge in [0.05, 0.1) is 12.6 Å². The molecule has 3 rings (SSSR count). The topological polar surface area (TPSA) is 22.1 Å². The Balaban J connectivity index is 2.10. The second-order valence-corrected chi connectivity index (χ2v) is 6.13. The maximum absolute atomic E-state index is 14.2. The number of nitrogens with zero attached hydrogens (tertiary/aromatic N) is 1. The number of hydrogen-bond acceptors (Lipinski definition) is 2. The standard InChI is InChI=1S/C18H15BrFNO/c1-11-4-3-5-12(17(11)20)8-14-9-13-10-15(19)6-7-16(13)21-18(14)22-2/h3-7,9-10H,8H2,1-2H3. The first-order valence-corrected chi connectivity index (χ1v) is 7.75. The fourth-order valence-corrected chi connectivity index (χ4v) is 2.91. The SMILES string of the molecule is COc1nc2ccc(Br)cc2cc1Cc1cccc(C)c1F. The summed E-state index contributed by atoms with van der Waals surface area (Å²) < 4.78 is 20.6. The molecule has 0 aliphatic rings. The number of methoxy groups -OCH3 is 1. The average Bonchev–Trinajstić information content (AvgIpc) is 2.51. The Morgan fingerprint density at radius 3 is 2.73 bits per heavy atom. The third kappa shape index (κ3) is 2.83. The lowest BCUT2D eigenvalue weighted by molar-refractivity contribution is 0.395. The number of fused-ring (bicyclic) bond motifs is 1. The van der Waals surface area contributed by atoms with Gasteiger partial charge in [0, 0.05) is 21.8 Å². The molecular weight excluding hydrogens is 345 g/mol. The van der Waals surface area contributed by atoms with Gasteiger partial charge < -0.3 is 4.74 Å². The summed E-state index contributed by atoms with van der Waals surface area (Å²) in [6, 6.07) is 13.3. The number of pyridine rings is 1. The van der Waals surface area contributed by atoms with Crippen molar-refractivity contribution in [2.24, 2.45) is 0 Å². The van der Waals surface area contributed by atoms with E-state index < -0.39 is 0 Å². The maximum atomic E-state index is 14.2. The van der Waals surface area contributed by atoms with Crippen molar-refractivity contribution in [2.75, 3.05) is 7.11 Å². The Kier molecular flexibility index (Phi) is 4.12. The molecule has 0 aliphatic heterocycles. The first-order valence-electron chi connectivity index (χ1n) is 6.95. The number of hydrogen-bond donors (Lipinski definition) is 0. The largest absolute Gasteiger partial charge is 0.481 e. The molecule has 0 bridgehead atoms. The van der Waals surface area contributed by atoms with Crippen LogP contribution in [0.2, 0.25) is 0 Å². The summed E-state index contributed by atoms with van der Waals surface area (Å²) in [6.45, 7) is 1.77. The number of rotatable bonds is 3. The zero-order chi connectivity index (χ0) is 15.7. The molecule has 0 unspecified atom stereocenters. The van der Waals surface area contributed by atoms with Crippen molar-refractivity contribution in [1.82, 2.24) is 4.98 Å². The van der Waals surface area contributed by atoms with Crippen LogP contribution in [-0.4, -0.2) is 12.1 Å². The predicted molar refractivity (Wildman–Crippen MR) is 89.9 cm³/mol. The lowest BCUT2D eigenvalue weighted by Gasteiger charge is -2.11. The molecule has 1 heterocycles. The Morgan fingerprint density at radius 1 is 1.14 bits per heavy atom. The summed E-state index contributed by atoms with van der Waals surface area (Å²) in [5.41, 5.74) is 3.02. The number of halogens is 2. The van der Waals surface area contributed by atoms with Crippen molar-refractivity contribution < 1.29 is 9.13 Å². The summed E-state index contributed by atoms with van der Waals surface area (Å²) in [6.07, 6.45) is 0.451. The smallest absolute Gasteiger partial charge is 0.217 e. The van der Waals surface area contributed by atoms with Gasteiger partial charge in [-0.25, -0.2) is 9.37 Å². The minimum absolute atomic E-state index is 0.168. The van der Waals surface area contributed by atoms with Crippen LogP contribution in [0, 0.1) is 12.7 Å². The zero-order valence-corrected chi connectivity index (χ0v) is 13.9. The molecule has 0 spiro atoms. The molecular formula is C18H15BrFNO. The van der Waals surface area contributed by atoms with E-state index in [0.717, 1.165) is 20.9 Å². The highest BCUT2D eigenvalue weighted by Crippen LogP contribution is 2.27. The zero-order valence-electron chi connectivity index (χ0n) is 12.4. The maximum Gasteiger partial charge on any atom is 0.217 e. The number of benzene rings is 2. The van der Waals surface area contributed by atoms with Crippen molar-refractivity contribution in [2.45, 2.75) is 13.3 Å². The Morgan fingerprint density at radius 2 is 1.95 bits per heavy atom. The fourth-order valence-electron chi connectivity index (χ4n) is 2.53. The first-order chi connectivity index (χ1) is 10.6. The van der Waals surface area contributed by atoms with E-state index in [4.69, 9.17) is 4.74 Å². The van der Waals surface area contributed by atoms with E-state index in [2.05, 4.69) is 20.9 Å². The van der Waals surface area contributed by atoms with Crippen LogP contribution >= 0.6 is 15.9 Å². The van der Waals surface area contributed by atoms with E-state index in [-0.39, 0.29) is 5.82 Å². The summed E-state index contributed by atoms with van der Waals surface area (Å²) in [7, 11) is 1.59. The van der Waals surface area contributed by atoms with Gasteiger partial charge in [-0.15, -0.1) is 0 Å². The van der Waals surface area contributed by atoms with Gasteiger partial charge in [-0.3, -0.25) is 0 Å². The van der Waals surface area contributed by atoms with Crippen LogP contribution in [0.3, 0.4) is 0 Å². The van der Waals surface area contributed by atoms with Gasteiger partial charge in [-0.05, 0) is 42.3 Å². The number of aromatic nitrogens is 1. The van der Waals surface area contributed by atoms with Gasteiger partial charge in [-0.1, -0.05) is 34.1 Å². The summed E-state index contributed by atoms with van der Waals surface area (Å²) in [4.78, 5) is 4.52. The van der Waals surface area contributed by atoms with Crippen molar-refractivity contribution in [3.8, 4) is 5.88 Å². The van der Waals surface area contributed by atoms with Gasteiger partial charge in [-0.2, -0.15) is 0 Å². The fraction of sp³-hybridized carbons (Fsp3) is 0.167. The summed E-state index contributed by atoms with van der Waals surface area (Å²) >= 11 is 3.46. The second kappa shape index (κ2) is 6.05. The van der Waals surface area contributed by atoms with E-state index in [1.807, 2.05) is 30.3 Å². The van der Waals surface area contributed by atoms with Gasteiger partial charge in [0.25, 0.3) is 0 Å². The quantitative estimate of drug-likeness (QED) is 0.653. The average molecular weight is 360 g/mol. The van der Waals surface area contributed by atoms with E-state index in [1.165, 1.54) is 0 Å². The second-order valence-electron chi connectivity index (χ2n) is 5.22. The van der Waals surface area contributed by atoms with Gasteiger partial charge in [0.1, 0.15) is 5.82 Å². The van der Waals surface area contributed by atoms with Crippen LogP contribution in [0.1, 0.15) is 16.7 Å². The highest BCUT2D eigenvalue weighted by atomic mass is 79.9. The van der Waals surface area contributed by atoms with Gasteiger partial charge in [0.2, 0.25) is 5.88 Å². The van der Waals surface area contributed by atoms with Crippen LogP contribution < -0.4 is 4.74 Å². The highest BCUT2D eigenvalue weighted by molar-refractivity contribution is 9.10. The highest BCUT2D eigenvalue weighted by Gasteiger charge is 2.12. The molecule has 0 atom stereocenters. The Labute approximate surface area is 137 Å². The molecule has 112 valence electrons. The molecule has 0 aliphatic carbocycles. The molecule has 22 heavy (non-hydrogen) atoms. The van der Waals surface area contributed by atoms with Crippen LogP contribution in [0.25, 0.3) is 10.9 Å². The van der Waals surface area contributed by atoms with E-state index in [0.29, 0.717) is 23.4 Å². The molecule has 0 fully saturated rings. The minimum atomic E-state index is -0.168. The molecule has 0 saturated heterocycles. The third-order valence-electron chi connectivity index (χ3n) is 3.66. The molecule has 0 N–H and O–H groups in total. The molecule has 2 aromatic carbocycles. The van der Waals surface area contributed by atoms with Crippen LogP contribution in [-0.2, 0) is 6.42 Å². The molecule has 0 radical (unpaired) electrons. The number of aryl methyl sites for hydroxylation is 1. The monoisotopic (exact) mass is 359 g/mol. The predicted octanol–water partition coefficient (Wildman–Crippen LogP) is 5.04. The molecule has 0 saturated carbocycles. The Hall–Kier alpha value is -1.94. The molecule has 1 aromatic heterocycles. The number of ether oxygens (including phenoxy) is 1.